The Morgan fingerprint density at radius 3 is 2.64 bits per heavy atom. The fourth-order valence-corrected chi connectivity index (χ4v) is 3.22. The molecule has 0 saturated carbocycles. The number of rotatable bonds is 5. The lowest BCUT2D eigenvalue weighted by molar-refractivity contribution is 0.585. The Morgan fingerprint density at radius 1 is 1.14 bits per heavy atom. The monoisotopic (exact) mass is 378 g/mol. The molecule has 0 radical (unpaired) electrons. The SMILES string of the molecule is CC1C=C(Nc2nc(/C=C/c3ccccc3)nc(N3CCNCC3)c2N)NN1. The number of hydrazine groups is 1. The summed E-state index contributed by atoms with van der Waals surface area (Å²) in [6.07, 6.45) is 5.97. The first-order chi connectivity index (χ1) is 13.7. The molecule has 0 bridgehead atoms. The van der Waals surface area contributed by atoms with Gasteiger partial charge in [-0.05, 0) is 24.6 Å². The van der Waals surface area contributed by atoms with Crippen molar-refractivity contribution in [2.24, 2.45) is 0 Å². The largest absolute Gasteiger partial charge is 0.393 e. The van der Waals surface area contributed by atoms with E-state index in [9.17, 15) is 0 Å². The van der Waals surface area contributed by atoms with Crippen LogP contribution in [0.3, 0.4) is 0 Å². The van der Waals surface area contributed by atoms with Crippen molar-refractivity contribution in [3.05, 3.63) is 53.6 Å². The highest BCUT2D eigenvalue weighted by molar-refractivity contribution is 5.79. The van der Waals surface area contributed by atoms with Crippen LogP contribution in [-0.2, 0) is 0 Å². The number of aromatic nitrogens is 2. The van der Waals surface area contributed by atoms with Gasteiger partial charge in [-0.2, -0.15) is 0 Å². The van der Waals surface area contributed by atoms with Crippen molar-refractivity contribution >= 4 is 29.5 Å². The molecule has 2 aromatic rings. The van der Waals surface area contributed by atoms with Crippen molar-refractivity contribution in [1.29, 1.82) is 0 Å². The number of benzene rings is 1. The first-order valence-corrected chi connectivity index (χ1v) is 9.56. The molecule has 2 aliphatic heterocycles. The summed E-state index contributed by atoms with van der Waals surface area (Å²) in [6, 6.07) is 10.3. The minimum absolute atomic E-state index is 0.232. The summed E-state index contributed by atoms with van der Waals surface area (Å²) < 4.78 is 0. The zero-order valence-corrected chi connectivity index (χ0v) is 15.9. The molecule has 8 nitrogen and oxygen atoms in total. The molecule has 2 aliphatic rings. The Labute approximate surface area is 164 Å². The van der Waals surface area contributed by atoms with E-state index >= 15 is 0 Å². The van der Waals surface area contributed by atoms with E-state index in [0.717, 1.165) is 43.4 Å². The normalized spacial score (nSPS) is 19.5. The predicted molar refractivity (Wildman–Crippen MR) is 114 cm³/mol. The van der Waals surface area contributed by atoms with Crippen LogP contribution in [0, 0.1) is 0 Å². The van der Waals surface area contributed by atoms with Gasteiger partial charge in [-0.3, -0.25) is 0 Å². The van der Waals surface area contributed by atoms with Crippen LogP contribution >= 0.6 is 0 Å². The first-order valence-electron chi connectivity index (χ1n) is 9.56. The lowest BCUT2D eigenvalue weighted by Gasteiger charge is -2.30. The van der Waals surface area contributed by atoms with Gasteiger partial charge in [0.1, 0.15) is 11.5 Å². The van der Waals surface area contributed by atoms with Gasteiger partial charge in [0.25, 0.3) is 0 Å². The van der Waals surface area contributed by atoms with Gasteiger partial charge in [-0.15, -0.1) is 0 Å². The number of nitrogens with two attached hydrogens (primary N) is 1. The highest BCUT2D eigenvalue weighted by Crippen LogP contribution is 2.29. The van der Waals surface area contributed by atoms with Crippen molar-refractivity contribution in [3.63, 3.8) is 0 Å². The maximum atomic E-state index is 6.45. The minimum atomic E-state index is 0.232. The number of hydrogen-bond donors (Lipinski definition) is 5. The van der Waals surface area contributed by atoms with E-state index in [4.69, 9.17) is 10.7 Å². The number of anilines is 3. The minimum Gasteiger partial charge on any atom is -0.393 e. The van der Waals surface area contributed by atoms with E-state index < -0.39 is 0 Å². The fraction of sp³-hybridized carbons (Fsp3) is 0.300. The molecule has 1 unspecified atom stereocenters. The van der Waals surface area contributed by atoms with E-state index in [1.807, 2.05) is 48.6 Å². The highest BCUT2D eigenvalue weighted by Gasteiger charge is 2.20. The average molecular weight is 378 g/mol. The van der Waals surface area contributed by atoms with Crippen molar-refractivity contribution in [1.82, 2.24) is 26.1 Å². The lowest BCUT2D eigenvalue weighted by atomic mass is 10.2. The van der Waals surface area contributed by atoms with Gasteiger partial charge in [0, 0.05) is 32.2 Å². The summed E-state index contributed by atoms with van der Waals surface area (Å²) >= 11 is 0. The predicted octanol–water partition coefficient (Wildman–Crippen LogP) is 1.39. The second-order valence-electron chi connectivity index (χ2n) is 6.91. The molecule has 0 spiro atoms. The van der Waals surface area contributed by atoms with E-state index in [1.165, 1.54) is 0 Å². The summed E-state index contributed by atoms with van der Waals surface area (Å²) in [7, 11) is 0. The number of piperazine rings is 1. The van der Waals surface area contributed by atoms with Crippen LogP contribution in [0.5, 0.6) is 0 Å². The summed E-state index contributed by atoms with van der Waals surface area (Å²) in [5, 5.41) is 6.65. The summed E-state index contributed by atoms with van der Waals surface area (Å²) in [5.74, 6) is 2.83. The van der Waals surface area contributed by atoms with E-state index in [1.54, 1.807) is 0 Å². The van der Waals surface area contributed by atoms with Crippen molar-refractivity contribution < 1.29 is 0 Å². The molecular weight excluding hydrogens is 352 g/mol. The molecule has 8 heteroatoms. The van der Waals surface area contributed by atoms with Gasteiger partial charge in [0.2, 0.25) is 0 Å². The highest BCUT2D eigenvalue weighted by atomic mass is 15.4. The van der Waals surface area contributed by atoms with Crippen LogP contribution < -0.4 is 32.1 Å². The Balaban J connectivity index is 1.67. The molecule has 0 amide bonds. The van der Waals surface area contributed by atoms with Crippen LogP contribution in [0.2, 0.25) is 0 Å². The molecule has 3 heterocycles. The number of nitrogens with zero attached hydrogens (tertiary/aromatic N) is 3. The van der Waals surface area contributed by atoms with Crippen molar-refractivity contribution in [3.8, 4) is 0 Å². The Morgan fingerprint density at radius 2 is 1.93 bits per heavy atom. The Kier molecular flexibility index (Phi) is 5.41. The van der Waals surface area contributed by atoms with E-state index in [-0.39, 0.29) is 6.04 Å². The molecule has 28 heavy (non-hydrogen) atoms. The molecule has 146 valence electrons. The van der Waals surface area contributed by atoms with Gasteiger partial charge in [0.15, 0.2) is 17.5 Å². The summed E-state index contributed by atoms with van der Waals surface area (Å²) in [4.78, 5) is 11.6. The second kappa shape index (κ2) is 8.28. The van der Waals surface area contributed by atoms with Crippen LogP contribution in [-0.4, -0.2) is 42.2 Å². The maximum Gasteiger partial charge on any atom is 0.161 e. The molecule has 0 aliphatic carbocycles. The smallest absolute Gasteiger partial charge is 0.161 e. The third-order valence-electron chi connectivity index (χ3n) is 4.69. The molecule has 4 rings (SSSR count). The van der Waals surface area contributed by atoms with Crippen LogP contribution in [0.4, 0.5) is 17.3 Å². The zero-order chi connectivity index (χ0) is 19.3. The maximum absolute atomic E-state index is 6.45. The van der Waals surface area contributed by atoms with E-state index in [2.05, 4.69) is 38.3 Å². The van der Waals surface area contributed by atoms with Gasteiger partial charge in [0.05, 0.1) is 0 Å². The second-order valence-corrected chi connectivity index (χ2v) is 6.91. The van der Waals surface area contributed by atoms with Crippen molar-refractivity contribution in [2.45, 2.75) is 13.0 Å². The molecule has 1 aromatic heterocycles. The first kappa shape index (κ1) is 18.3. The van der Waals surface area contributed by atoms with Crippen molar-refractivity contribution in [2.75, 3.05) is 42.1 Å². The summed E-state index contributed by atoms with van der Waals surface area (Å²) in [5.41, 5.74) is 14.3. The molecule has 1 fully saturated rings. The average Bonchev–Trinajstić information content (AvgIpc) is 3.14. The van der Waals surface area contributed by atoms with Gasteiger partial charge >= 0.3 is 0 Å². The molecule has 1 atom stereocenters. The van der Waals surface area contributed by atoms with Crippen LogP contribution in [0.15, 0.2) is 42.2 Å². The fourth-order valence-electron chi connectivity index (χ4n) is 3.22. The molecular formula is C20H26N8. The lowest BCUT2D eigenvalue weighted by Crippen LogP contribution is -2.44. The number of nitrogens with one attached hydrogen (secondary N) is 4. The summed E-state index contributed by atoms with van der Waals surface area (Å²) in [6.45, 7) is 5.61. The number of hydrogen-bond acceptors (Lipinski definition) is 8. The topological polar surface area (TPSA) is 103 Å². The zero-order valence-electron chi connectivity index (χ0n) is 15.9. The third kappa shape index (κ3) is 4.24. The molecule has 1 saturated heterocycles. The number of nitrogen functional groups attached to an aromatic ring is 1. The molecule has 6 N–H and O–H groups in total. The quantitative estimate of drug-likeness (QED) is 0.532. The Hall–Kier alpha value is -3.10. The standard InChI is InChI=1S/C20H26N8/c1-14-13-17(27-26-14)24-19-18(21)20(28-11-9-22-10-12-28)25-16(23-19)8-7-15-5-3-2-4-6-15/h2-8,13-14,22,26-27H,9-12,21H2,1H3,(H,23,24,25)/b8-7+. The van der Waals surface area contributed by atoms with E-state index in [0.29, 0.717) is 17.3 Å². The Bertz CT molecular complexity index is 871. The van der Waals surface area contributed by atoms with Gasteiger partial charge in [-0.25, -0.2) is 15.4 Å². The van der Waals surface area contributed by atoms with Crippen LogP contribution in [0.1, 0.15) is 18.3 Å². The van der Waals surface area contributed by atoms with Gasteiger partial charge in [-0.1, -0.05) is 36.4 Å². The molecule has 1 aromatic carbocycles. The van der Waals surface area contributed by atoms with Crippen LogP contribution in [0.25, 0.3) is 12.2 Å². The van der Waals surface area contributed by atoms with Gasteiger partial charge < -0.3 is 26.7 Å². The third-order valence-corrected chi connectivity index (χ3v) is 4.69.